The van der Waals surface area contributed by atoms with Crippen molar-refractivity contribution in [1.29, 1.82) is 0 Å². The molecular weight excluding hydrogens is 406 g/mol. The molecule has 2 atom stereocenters. The number of rotatable bonds is 6. The van der Waals surface area contributed by atoms with Crippen molar-refractivity contribution in [2.45, 2.75) is 57.0 Å². The Labute approximate surface area is 188 Å². The van der Waals surface area contributed by atoms with Crippen molar-refractivity contribution in [3.8, 4) is 0 Å². The molecule has 1 aromatic carbocycles. The lowest BCUT2D eigenvalue weighted by molar-refractivity contribution is -0.144. The topological polar surface area (TPSA) is 90.8 Å². The number of piperidine rings is 1. The third-order valence-electron chi connectivity index (χ3n) is 6.74. The van der Waals surface area contributed by atoms with Crippen LogP contribution in [0.5, 0.6) is 0 Å². The summed E-state index contributed by atoms with van der Waals surface area (Å²) in [5, 5.41) is 9.77. The highest BCUT2D eigenvalue weighted by atomic mass is 16.3. The number of aliphatic hydroxyl groups excluding tert-OH is 1. The lowest BCUT2D eigenvalue weighted by Gasteiger charge is -2.37. The summed E-state index contributed by atoms with van der Waals surface area (Å²) in [6.07, 6.45) is 5.75. The van der Waals surface area contributed by atoms with Gasteiger partial charge in [0.05, 0.1) is 24.6 Å². The number of hydrogen-bond acceptors (Lipinski definition) is 5. The van der Waals surface area contributed by atoms with E-state index in [0.29, 0.717) is 6.54 Å². The molecule has 2 unspecified atom stereocenters. The maximum atomic E-state index is 13.8. The number of imide groups is 1. The Morgan fingerprint density at radius 1 is 1.19 bits per heavy atom. The first-order chi connectivity index (χ1) is 15.5. The first-order valence-corrected chi connectivity index (χ1v) is 11.2. The molecule has 7 nitrogen and oxygen atoms in total. The molecule has 0 saturated carbocycles. The van der Waals surface area contributed by atoms with E-state index >= 15 is 0 Å². The molecule has 2 fully saturated rings. The van der Waals surface area contributed by atoms with E-state index in [2.05, 4.69) is 4.98 Å². The Morgan fingerprint density at radius 2 is 2.00 bits per heavy atom. The molecule has 2 aliphatic rings. The standard InChI is InChI=1S/C25H29N3O4/c1-18-7-2-3-10-21(18)25(13-22(30)27-12-5-4-9-20(27)17-29)14-23(31)28(24(25)32)16-19-8-6-11-26-15-19/h2-3,6-8,10-11,15,20,29H,4-5,9,12-14,16-17H2,1H3. The summed E-state index contributed by atoms with van der Waals surface area (Å²) in [4.78, 5) is 47.4. The van der Waals surface area contributed by atoms with E-state index in [0.717, 1.165) is 36.0 Å². The average Bonchev–Trinajstić information content (AvgIpc) is 3.04. The predicted octanol–water partition coefficient (Wildman–Crippen LogP) is 2.35. The van der Waals surface area contributed by atoms with E-state index < -0.39 is 5.41 Å². The van der Waals surface area contributed by atoms with Gasteiger partial charge < -0.3 is 10.0 Å². The number of likely N-dealkylation sites (tertiary alicyclic amines) is 2. The lowest BCUT2D eigenvalue weighted by Crippen LogP contribution is -2.49. The average molecular weight is 436 g/mol. The van der Waals surface area contributed by atoms with Crippen molar-refractivity contribution < 1.29 is 19.5 Å². The van der Waals surface area contributed by atoms with Crippen LogP contribution in [-0.2, 0) is 26.3 Å². The van der Waals surface area contributed by atoms with E-state index in [1.165, 1.54) is 4.90 Å². The molecule has 0 spiro atoms. The van der Waals surface area contributed by atoms with E-state index in [1.807, 2.05) is 37.3 Å². The fourth-order valence-corrected chi connectivity index (χ4v) is 5.07. The Morgan fingerprint density at radius 3 is 2.72 bits per heavy atom. The number of carbonyl (C=O) groups is 3. The van der Waals surface area contributed by atoms with Crippen LogP contribution in [0, 0.1) is 6.92 Å². The fourth-order valence-electron chi connectivity index (χ4n) is 5.07. The van der Waals surface area contributed by atoms with Gasteiger partial charge >= 0.3 is 0 Å². The van der Waals surface area contributed by atoms with Gasteiger partial charge in [0, 0.05) is 31.8 Å². The smallest absolute Gasteiger partial charge is 0.241 e. The molecule has 1 aromatic heterocycles. The van der Waals surface area contributed by atoms with E-state index in [9.17, 15) is 19.5 Å². The maximum Gasteiger partial charge on any atom is 0.241 e. The zero-order valence-corrected chi connectivity index (χ0v) is 18.4. The van der Waals surface area contributed by atoms with Crippen molar-refractivity contribution in [3.63, 3.8) is 0 Å². The number of hydrogen-bond donors (Lipinski definition) is 1. The summed E-state index contributed by atoms with van der Waals surface area (Å²) in [5.41, 5.74) is 1.12. The maximum absolute atomic E-state index is 13.8. The number of amides is 3. The zero-order valence-electron chi connectivity index (χ0n) is 18.4. The third-order valence-corrected chi connectivity index (χ3v) is 6.74. The molecule has 3 amide bonds. The first-order valence-electron chi connectivity index (χ1n) is 11.2. The van der Waals surface area contributed by atoms with Crippen LogP contribution in [0.2, 0.25) is 0 Å². The third kappa shape index (κ3) is 4.05. The van der Waals surface area contributed by atoms with Gasteiger partial charge in [-0.15, -0.1) is 0 Å². The van der Waals surface area contributed by atoms with Gasteiger partial charge in [-0.05, 0) is 48.9 Å². The van der Waals surface area contributed by atoms with Crippen molar-refractivity contribution in [2.24, 2.45) is 0 Å². The summed E-state index contributed by atoms with van der Waals surface area (Å²) >= 11 is 0. The van der Waals surface area contributed by atoms with Crippen LogP contribution in [0.1, 0.15) is 48.8 Å². The van der Waals surface area contributed by atoms with E-state index in [-0.39, 0.29) is 49.8 Å². The van der Waals surface area contributed by atoms with Gasteiger partial charge in [0.1, 0.15) is 0 Å². The highest BCUT2D eigenvalue weighted by Gasteiger charge is 2.54. The Bertz CT molecular complexity index is 1010. The van der Waals surface area contributed by atoms with Crippen molar-refractivity contribution in [3.05, 3.63) is 65.5 Å². The van der Waals surface area contributed by atoms with Crippen LogP contribution in [0.15, 0.2) is 48.8 Å². The SMILES string of the molecule is Cc1ccccc1C1(CC(=O)N2CCCCC2CO)CC(=O)N(Cc2cccnc2)C1=O. The molecule has 2 aliphatic heterocycles. The molecule has 4 rings (SSSR count). The second-order valence-corrected chi connectivity index (χ2v) is 8.82. The van der Waals surface area contributed by atoms with Gasteiger partial charge in [0.2, 0.25) is 17.7 Å². The van der Waals surface area contributed by atoms with Crippen molar-refractivity contribution >= 4 is 17.7 Å². The van der Waals surface area contributed by atoms with Gasteiger partial charge in [-0.3, -0.25) is 24.3 Å². The Balaban J connectivity index is 1.69. The summed E-state index contributed by atoms with van der Waals surface area (Å²) < 4.78 is 0. The second-order valence-electron chi connectivity index (χ2n) is 8.82. The minimum Gasteiger partial charge on any atom is -0.394 e. The zero-order chi connectivity index (χ0) is 22.7. The fraction of sp³-hybridized carbons (Fsp3) is 0.440. The Hall–Kier alpha value is -3.06. The van der Waals surface area contributed by atoms with Gasteiger partial charge in [-0.25, -0.2) is 0 Å². The highest BCUT2D eigenvalue weighted by molar-refractivity contribution is 6.10. The molecule has 0 bridgehead atoms. The number of nitrogens with zero attached hydrogens (tertiary/aromatic N) is 3. The molecule has 2 saturated heterocycles. The summed E-state index contributed by atoms with van der Waals surface area (Å²) in [5.74, 6) is -0.810. The van der Waals surface area contributed by atoms with Crippen LogP contribution in [0.3, 0.4) is 0 Å². The van der Waals surface area contributed by atoms with Gasteiger partial charge in [0.15, 0.2) is 0 Å². The lowest BCUT2D eigenvalue weighted by atomic mass is 9.73. The van der Waals surface area contributed by atoms with Crippen LogP contribution in [0.4, 0.5) is 0 Å². The number of aromatic nitrogens is 1. The summed E-state index contributed by atoms with van der Waals surface area (Å²) in [6.45, 7) is 2.51. The molecule has 7 heteroatoms. The molecule has 2 aromatic rings. The highest BCUT2D eigenvalue weighted by Crippen LogP contribution is 2.42. The molecule has 1 N–H and O–H groups in total. The van der Waals surface area contributed by atoms with Crippen LogP contribution < -0.4 is 0 Å². The number of pyridine rings is 1. The number of aryl methyl sites for hydroxylation is 1. The van der Waals surface area contributed by atoms with E-state index in [4.69, 9.17) is 0 Å². The molecular formula is C25H29N3O4. The summed E-state index contributed by atoms with van der Waals surface area (Å²) in [6, 6.07) is 10.8. The summed E-state index contributed by atoms with van der Waals surface area (Å²) in [7, 11) is 0. The predicted molar refractivity (Wildman–Crippen MR) is 118 cm³/mol. The van der Waals surface area contributed by atoms with Crippen molar-refractivity contribution in [1.82, 2.24) is 14.8 Å². The largest absolute Gasteiger partial charge is 0.394 e. The number of benzene rings is 1. The van der Waals surface area contributed by atoms with E-state index in [1.54, 1.807) is 23.4 Å². The first kappa shape index (κ1) is 22.1. The van der Waals surface area contributed by atoms with Gasteiger partial charge in [-0.1, -0.05) is 30.3 Å². The van der Waals surface area contributed by atoms with Gasteiger partial charge in [0.25, 0.3) is 0 Å². The minimum absolute atomic E-state index is 0.0413. The van der Waals surface area contributed by atoms with Crippen LogP contribution in [-0.4, -0.2) is 56.8 Å². The monoisotopic (exact) mass is 435 g/mol. The number of carbonyl (C=O) groups excluding carboxylic acids is 3. The molecule has 32 heavy (non-hydrogen) atoms. The normalized spacial score (nSPS) is 23.6. The Kier molecular flexibility index (Phi) is 6.37. The molecule has 168 valence electrons. The molecule has 3 heterocycles. The molecule has 0 radical (unpaired) electrons. The van der Waals surface area contributed by atoms with Gasteiger partial charge in [-0.2, -0.15) is 0 Å². The van der Waals surface area contributed by atoms with Crippen molar-refractivity contribution in [2.75, 3.05) is 13.2 Å². The van der Waals surface area contributed by atoms with Crippen LogP contribution >= 0.6 is 0 Å². The molecule has 0 aliphatic carbocycles. The number of aliphatic hydroxyl groups is 1. The minimum atomic E-state index is -1.24. The quantitative estimate of drug-likeness (QED) is 0.704. The van der Waals surface area contributed by atoms with Crippen LogP contribution in [0.25, 0.3) is 0 Å². The second kappa shape index (κ2) is 9.20.